The van der Waals surface area contributed by atoms with Crippen LogP contribution in [-0.2, 0) is 19.1 Å². The van der Waals surface area contributed by atoms with Gasteiger partial charge in [-0.2, -0.15) is 5.26 Å². The molecule has 0 saturated heterocycles. The van der Waals surface area contributed by atoms with Crippen molar-refractivity contribution in [2.24, 2.45) is 5.73 Å². The van der Waals surface area contributed by atoms with Crippen LogP contribution >= 0.6 is 11.6 Å². The van der Waals surface area contributed by atoms with Crippen molar-refractivity contribution in [3.05, 3.63) is 81.8 Å². The van der Waals surface area contributed by atoms with E-state index in [9.17, 15) is 19.2 Å². The van der Waals surface area contributed by atoms with Crippen LogP contribution in [-0.4, -0.2) is 31.1 Å². The summed E-state index contributed by atoms with van der Waals surface area (Å²) in [5.74, 6) is -3.71. The molecule has 0 aliphatic carbocycles. The Labute approximate surface area is 181 Å². The highest BCUT2D eigenvalue weighted by molar-refractivity contribution is 6.31. The molecular formula is C21H16ClFN4O4. The third kappa shape index (κ3) is 3.81. The number of rotatable bonds is 4. The van der Waals surface area contributed by atoms with Gasteiger partial charge in [-0.1, -0.05) is 17.7 Å². The Hall–Kier alpha value is -3.90. The van der Waals surface area contributed by atoms with Crippen molar-refractivity contribution >= 4 is 29.2 Å². The van der Waals surface area contributed by atoms with Crippen molar-refractivity contribution in [3.8, 4) is 6.07 Å². The van der Waals surface area contributed by atoms with Gasteiger partial charge in [0, 0.05) is 18.1 Å². The lowest BCUT2D eigenvalue weighted by molar-refractivity contribution is -0.139. The minimum Gasteiger partial charge on any atom is -0.466 e. The van der Waals surface area contributed by atoms with Crippen LogP contribution in [0.4, 0.5) is 10.1 Å². The summed E-state index contributed by atoms with van der Waals surface area (Å²) in [5, 5.41) is 9.65. The second-order valence-corrected chi connectivity index (χ2v) is 6.72. The van der Waals surface area contributed by atoms with Crippen LogP contribution in [0.15, 0.2) is 65.4 Å². The second-order valence-electron chi connectivity index (χ2n) is 6.31. The Morgan fingerprint density at radius 1 is 1.26 bits per heavy atom. The lowest BCUT2D eigenvalue weighted by atomic mass is 9.81. The number of halogens is 2. The van der Waals surface area contributed by atoms with Crippen LogP contribution in [0, 0.1) is 17.1 Å². The van der Waals surface area contributed by atoms with Crippen LogP contribution in [0.5, 0.6) is 0 Å². The van der Waals surface area contributed by atoms with Crippen LogP contribution in [0.25, 0.3) is 0 Å². The molecule has 0 radical (unpaired) electrons. The van der Waals surface area contributed by atoms with E-state index in [4.69, 9.17) is 26.8 Å². The molecule has 2 heterocycles. The van der Waals surface area contributed by atoms with Crippen molar-refractivity contribution < 1.29 is 23.5 Å². The number of ether oxygens (including phenoxy) is 2. The maximum absolute atomic E-state index is 13.7. The summed E-state index contributed by atoms with van der Waals surface area (Å²) < 4.78 is 23.5. The maximum atomic E-state index is 13.7. The molecule has 0 bridgehead atoms. The number of methoxy groups -OCH3 is 2. The molecule has 158 valence electrons. The van der Waals surface area contributed by atoms with E-state index in [1.807, 2.05) is 6.07 Å². The molecule has 0 amide bonds. The monoisotopic (exact) mass is 442 g/mol. The van der Waals surface area contributed by atoms with Gasteiger partial charge in [-0.3, -0.25) is 9.88 Å². The average molecular weight is 443 g/mol. The third-order valence-electron chi connectivity index (χ3n) is 4.66. The minimum atomic E-state index is -1.05. The largest absolute Gasteiger partial charge is 0.466 e. The second kappa shape index (κ2) is 8.85. The number of nitriles is 1. The molecule has 1 unspecified atom stereocenters. The molecule has 2 aromatic rings. The molecule has 1 atom stereocenters. The van der Waals surface area contributed by atoms with Crippen molar-refractivity contribution in [2.45, 2.75) is 5.92 Å². The Morgan fingerprint density at radius 3 is 2.52 bits per heavy atom. The molecule has 1 aromatic heterocycles. The van der Waals surface area contributed by atoms with Gasteiger partial charge in [0.15, 0.2) is 0 Å². The van der Waals surface area contributed by atoms with Crippen molar-refractivity contribution in [3.63, 3.8) is 0 Å². The predicted octanol–water partition coefficient (Wildman–Crippen LogP) is 2.77. The van der Waals surface area contributed by atoms with Crippen molar-refractivity contribution in [1.82, 2.24) is 4.98 Å². The maximum Gasteiger partial charge on any atom is 0.355 e. The number of nitrogens with zero attached hydrogens (tertiary/aromatic N) is 3. The number of hydrogen-bond donors (Lipinski definition) is 1. The van der Waals surface area contributed by atoms with E-state index >= 15 is 0 Å². The summed E-state index contributed by atoms with van der Waals surface area (Å²) in [6.07, 6.45) is 2.96. The van der Waals surface area contributed by atoms with Gasteiger partial charge in [0.05, 0.1) is 42.4 Å². The van der Waals surface area contributed by atoms with Crippen molar-refractivity contribution in [2.75, 3.05) is 19.1 Å². The van der Waals surface area contributed by atoms with Gasteiger partial charge in [0.25, 0.3) is 0 Å². The summed E-state index contributed by atoms with van der Waals surface area (Å²) in [4.78, 5) is 30.8. The fraction of sp³-hybridized carbons (Fsp3) is 0.143. The number of aromatic nitrogens is 1. The van der Waals surface area contributed by atoms with Gasteiger partial charge in [-0.15, -0.1) is 0 Å². The third-order valence-corrected chi connectivity index (χ3v) is 4.95. The summed E-state index contributed by atoms with van der Waals surface area (Å²) in [6, 6.07) is 8.81. The van der Waals surface area contributed by atoms with Crippen LogP contribution in [0.1, 0.15) is 11.5 Å². The van der Waals surface area contributed by atoms with Gasteiger partial charge >= 0.3 is 11.9 Å². The number of pyridine rings is 1. The molecule has 10 heteroatoms. The van der Waals surface area contributed by atoms with E-state index in [0.717, 1.165) is 25.2 Å². The van der Waals surface area contributed by atoms with Gasteiger partial charge in [-0.05, 0) is 29.8 Å². The Kier molecular flexibility index (Phi) is 6.22. The van der Waals surface area contributed by atoms with Crippen LogP contribution in [0.3, 0.4) is 0 Å². The summed E-state index contributed by atoms with van der Waals surface area (Å²) in [5.41, 5.74) is 6.36. The van der Waals surface area contributed by atoms with Gasteiger partial charge in [0.1, 0.15) is 17.3 Å². The number of esters is 2. The molecule has 0 saturated carbocycles. The number of carbonyl (C=O) groups excluding carboxylic acids is 2. The highest BCUT2D eigenvalue weighted by Crippen LogP contribution is 2.43. The normalized spacial score (nSPS) is 16.1. The number of allylic oxidation sites excluding steroid dienone is 1. The minimum absolute atomic E-state index is 0.0403. The summed E-state index contributed by atoms with van der Waals surface area (Å²) in [7, 11) is 2.26. The fourth-order valence-corrected chi connectivity index (χ4v) is 3.48. The number of anilines is 1. The summed E-state index contributed by atoms with van der Waals surface area (Å²) in [6.45, 7) is 0. The summed E-state index contributed by atoms with van der Waals surface area (Å²) >= 11 is 5.91. The van der Waals surface area contributed by atoms with Gasteiger partial charge < -0.3 is 15.2 Å². The fourth-order valence-electron chi connectivity index (χ4n) is 3.31. The Balaban J connectivity index is 2.41. The average Bonchev–Trinajstić information content (AvgIpc) is 2.79. The molecule has 0 fully saturated rings. The Bertz CT molecular complexity index is 1160. The number of hydrogen-bond acceptors (Lipinski definition) is 8. The highest BCUT2D eigenvalue weighted by Gasteiger charge is 2.43. The molecule has 3 rings (SSSR count). The lowest BCUT2D eigenvalue weighted by Crippen LogP contribution is -2.40. The van der Waals surface area contributed by atoms with E-state index in [2.05, 4.69) is 4.98 Å². The molecule has 8 nitrogen and oxygen atoms in total. The number of carbonyl (C=O) groups is 2. The molecule has 31 heavy (non-hydrogen) atoms. The molecule has 2 N–H and O–H groups in total. The van der Waals surface area contributed by atoms with E-state index in [-0.39, 0.29) is 33.4 Å². The van der Waals surface area contributed by atoms with E-state index in [1.165, 1.54) is 24.5 Å². The molecule has 1 aromatic carbocycles. The lowest BCUT2D eigenvalue weighted by Gasteiger charge is -2.35. The first kappa shape index (κ1) is 21.8. The van der Waals surface area contributed by atoms with E-state index in [0.29, 0.717) is 5.56 Å². The van der Waals surface area contributed by atoms with Crippen LogP contribution in [0.2, 0.25) is 5.02 Å². The van der Waals surface area contributed by atoms with Crippen molar-refractivity contribution in [1.29, 1.82) is 5.26 Å². The zero-order valence-corrected chi connectivity index (χ0v) is 17.2. The van der Waals surface area contributed by atoms with Crippen LogP contribution < -0.4 is 10.6 Å². The SMILES string of the molecule is COC(=O)C1=C(C(=O)OC)N(c2ccc(F)c(Cl)c2)C(N)=C(C#N)C1c1cccnc1. The first-order valence-electron chi connectivity index (χ1n) is 8.81. The van der Waals surface area contributed by atoms with E-state index in [1.54, 1.807) is 12.1 Å². The molecule has 0 spiro atoms. The predicted molar refractivity (Wildman–Crippen MR) is 109 cm³/mol. The molecule has 1 aliphatic rings. The Morgan fingerprint density at radius 2 is 1.97 bits per heavy atom. The number of benzene rings is 1. The van der Waals surface area contributed by atoms with Gasteiger partial charge in [0.2, 0.25) is 0 Å². The topological polar surface area (TPSA) is 119 Å². The number of nitrogens with two attached hydrogens (primary N) is 1. The first-order chi connectivity index (χ1) is 14.8. The standard InChI is InChI=1S/C21H16ClFN4O4/c1-30-20(28)17-16(11-4-3-7-26-10-11)13(9-24)19(25)27(18(17)21(29)31-2)12-5-6-15(23)14(22)8-12/h3-8,10,16H,25H2,1-2H3. The zero-order chi connectivity index (χ0) is 22.7. The smallest absolute Gasteiger partial charge is 0.355 e. The molecular weight excluding hydrogens is 427 g/mol. The van der Waals surface area contributed by atoms with E-state index < -0.39 is 23.7 Å². The van der Waals surface area contributed by atoms with Gasteiger partial charge in [-0.25, -0.2) is 14.0 Å². The highest BCUT2D eigenvalue weighted by atomic mass is 35.5. The zero-order valence-electron chi connectivity index (χ0n) is 16.4. The molecule has 1 aliphatic heterocycles. The quantitative estimate of drug-likeness (QED) is 0.718. The first-order valence-corrected chi connectivity index (χ1v) is 9.19.